The lowest BCUT2D eigenvalue weighted by atomic mass is 9.99. The van der Waals surface area contributed by atoms with Gasteiger partial charge in [-0.25, -0.2) is 9.97 Å². The van der Waals surface area contributed by atoms with Gasteiger partial charge in [0.05, 0.1) is 28.6 Å². The Hall–Kier alpha value is -3.41. The predicted octanol–water partition coefficient (Wildman–Crippen LogP) is 6.10. The van der Waals surface area contributed by atoms with E-state index in [0.29, 0.717) is 5.92 Å². The highest BCUT2D eigenvalue weighted by Crippen LogP contribution is 2.42. The molecule has 0 aliphatic heterocycles. The van der Waals surface area contributed by atoms with Crippen molar-refractivity contribution < 1.29 is 4.52 Å². The number of allylic oxidation sites excluding steroid dienone is 1. The molecule has 4 aromatic rings. The minimum atomic E-state index is 0.543. The average Bonchev–Trinajstić information content (AvgIpc) is 3.23. The molecule has 0 atom stereocenters. The number of hydrogen-bond acceptors (Lipinski definition) is 4. The largest absolute Gasteiger partial charge is 0.361 e. The molecule has 1 aromatic carbocycles. The third-order valence-electron chi connectivity index (χ3n) is 5.67. The highest BCUT2D eigenvalue weighted by molar-refractivity contribution is 5.96. The highest BCUT2D eigenvalue weighted by atomic mass is 16.5. The van der Waals surface area contributed by atoms with Crippen molar-refractivity contribution in [2.45, 2.75) is 46.0 Å². The van der Waals surface area contributed by atoms with Crippen LogP contribution < -0.4 is 0 Å². The van der Waals surface area contributed by atoms with Crippen molar-refractivity contribution in [3.05, 3.63) is 54.1 Å². The first-order valence-electron chi connectivity index (χ1n) is 10.4. The lowest BCUT2D eigenvalue weighted by molar-refractivity contribution is 0.393. The van der Waals surface area contributed by atoms with Gasteiger partial charge in [0.1, 0.15) is 17.4 Å². The van der Waals surface area contributed by atoms with E-state index in [0.717, 1.165) is 62.9 Å². The SMILES string of the molecule is C=Cc1ncc(-c2cc(-c3c(C)noc3C)cc3[nH]c(C4CC4)nc23)n1/C=C\CC. The molecule has 0 saturated heterocycles. The third kappa shape index (κ3) is 3.00. The fourth-order valence-corrected chi connectivity index (χ4v) is 4.01. The van der Waals surface area contributed by atoms with Crippen molar-refractivity contribution in [1.29, 1.82) is 0 Å². The van der Waals surface area contributed by atoms with Crippen LogP contribution in [0.4, 0.5) is 0 Å². The van der Waals surface area contributed by atoms with Crippen molar-refractivity contribution in [2.75, 3.05) is 0 Å². The zero-order chi connectivity index (χ0) is 20.8. The zero-order valence-electron chi connectivity index (χ0n) is 17.6. The van der Waals surface area contributed by atoms with E-state index in [1.54, 1.807) is 6.08 Å². The Morgan fingerprint density at radius 2 is 2.13 bits per heavy atom. The second-order valence-electron chi connectivity index (χ2n) is 7.88. The first-order chi connectivity index (χ1) is 14.6. The van der Waals surface area contributed by atoms with E-state index in [2.05, 4.69) is 57.6 Å². The number of hydrogen-bond donors (Lipinski definition) is 1. The second kappa shape index (κ2) is 7.13. The van der Waals surface area contributed by atoms with E-state index in [-0.39, 0.29) is 0 Å². The molecule has 1 N–H and O–H groups in total. The Labute approximate surface area is 175 Å². The fourth-order valence-electron chi connectivity index (χ4n) is 4.01. The molecule has 1 saturated carbocycles. The van der Waals surface area contributed by atoms with Crippen LogP contribution in [-0.2, 0) is 0 Å². The van der Waals surface area contributed by atoms with Crippen LogP contribution in [-0.4, -0.2) is 24.7 Å². The number of H-pyrrole nitrogens is 1. The molecule has 6 nitrogen and oxygen atoms in total. The minimum Gasteiger partial charge on any atom is -0.361 e. The molecule has 0 radical (unpaired) electrons. The molecule has 3 aromatic heterocycles. The number of fused-ring (bicyclic) bond motifs is 1. The van der Waals surface area contributed by atoms with Gasteiger partial charge in [-0.15, -0.1) is 0 Å². The molecule has 1 aliphatic rings. The summed E-state index contributed by atoms with van der Waals surface area (Å²) in [5.41, 5.74) is 6.98. The van der Waals surface area contributed by atoms with Crippen LogP contribution >= 0.6 is 0 Å². The Morgan fingerprint density at radius 3 is 2.80 bits per heavy atom. The van der Waals surface area contributed by atoms with Crippen LogP contribution in [0.2, 0.25) is 0 Å². The summed E-state index contributed by atoms with van der Waals surface area (Å²) < 4.78 is 7.52. The van der Waals surface area contributed by atoms with E-state index in [9.17, 15) is 0 Å². The molecule has 0 amide bonds. The van der Waals surface area contributed by atoms with Crippen LogP contribution in [0.25, 0.3) is 45.7 Å². The molecule has 0 bridgehead atoms. The lowest BCUT2D eigenvalue weighted by Gasteiger charge is -2.09. The summed E-state index contributed by atoms with van der Waals surface area (Å²) >= 11 is 0. The number of benzene rings is 1. The Kier molecular flexibility index (Phi) is 4.42. The molecule has 0 unspecified atom stereocenters. The van der Waals surface area contributed by atoms with Gasteiger partial charge in [0.15, 0.2) is 0 Å². The maximum Gasteiger partial charge on any atom is 0.141 e. The zero-order valence-corrected chi connectivity index (χ0v) is 17.6. The molecule has 6 heteroatoms. The number of aromatic amines is 1. The van der Waals surface area contributed by atoms with Gasteiger partial charge in [0.25, 0.3) is 0 Å². The summed E-state index contributed by atoms with van der Waals surface area (Å²) in [5.74, 6) is 3.23. The lowest BCUT2D eigenvalue weighted by Crippen LogP contribution is -1.95. The van der Waals surface area contributed by atoms with E-state index in [1.807, 2.05) is 20.0 Å². The van der Waals surface area contributed by atoms with Crippen molar-refractivity contribution >= 4 is 23.3 Å². The standard InChI is InChI=1S/C24H25N5O/c1-5-7-10-29-20(13-25-21(29)6-2)18-11-17(22-14(3)28-30-15(22)4)12-19-23(18)27-24(26-19)16-8-9-16/h6-7,10-13,16H,2,5,8-9H2,1,3-4H3,(H,26,27)/b10-7-. The van der Waals surface area contributed by atoms with Crippen molar-refractivity contribution in [3.8, 4) is 22.4 Å². The predicted molar refractivity (Wildman–Crippen MR) is 120 cm³/mol. The Bertz CT molecular complexity index is 1260. The summed E-state index contributed by atoms with van der Waals surface area (Å²) in [6, 6.07) is 4.33. The quantitative estimate of drug-likeness (QED) is 0.425. The van der Waals surface area contributed by atoms with Crippen molar-refractivity contribution in [1.82, 2.24) is 24.7 Å². The maximum absolute atomic E-state index is 5.44. The van der Waals surface area contributed by atoms with Gasteiger partial charge in [-0.3, -0.25) is 4.57 Å². The summed E-state index contributed by atoms with van der Waals surface area (Å²) in [4.78, 5) is 13.1. The van der Waals surface area contributed by atoms with E-state index in [4.69, 9.17) is 9.51 Å². The minimum absolute atomic E-state index is 0.543. The number of imidazole rings is 2. The highest BCUT2D eigenvalue weighted by Gasteiger charge is 2.28. The Morgan fingerprint density at radius 1 is 1.30 bits per heavy atom. The van der Waals surface area contributed by atoms with E-state index >= 15 is 0 Å². The van der Waals surface area contributed by atoms with Gasteiger partial charge >= 0.3 is 0 Å². The molecule has 1 fully saturated rings. The van der Waals surface area contributed by atoms with Gasteiger partial charge in [-0.1, -0.05) is 24.7 Å². The van der Waals surface area contributed by atoms with Gasteiger partial charge in [0.2, 0.25) is 0 Å². The molecule has 5 rings (SSSR count). The summed E-state index contributed by atoms with van der Waals surface area (Å²) in [5, 5.41) is 4.15. The number of aryl methyl sites for hydroxylation is 2. The third-order valence-corrected chi connectivity index (χ3v) is 5.67. The molecule has 152 valence electrons. The summed E-state index contributed by atoms with van der Waals surface area (Å²) in [7, 11) is 0. The average molecular weight is 399 g/mol. The maximum atomic E-state index is 5.44. The molecule has 0 spiro atoms. The van der Waals surface area contributed by atoms with Crippen molar-refractivity contribution in [3.63, 3.8) is 0 Å². The van der Waals surface area contributed by atoms with Gasteiger partial charge < -0.3 is 9.51 Å². The first kappa shape index (κ1) is 18.6. The van der Waals surface area contributed by atoms with E-state index in [1.165, 1.54) is 12.8 Å². The van der Waals surface area contributed by atoms with Crippen LogP contribution in [0.5, 0.6) is 0 Å². The molecule has 1 aliphatic carbocycles. The molecule has 30 heavy (non-hydrogen) atoms. The van der Waals surface area contributed by atoms with Crippen LogP contribution in [0, 0.1) is 13.8 Å². The summed E-state index contributed by atoms with van der Waals surface area (Å²) in [6.45, 7) is 9.97. The van der Waals surface area contributed by atoms with Gasteiger partial charge in [0, 0.05) is 23.2 Å². The topological polar surface area (TPSA) is 72.5 Å². The molecule has 3 heterocycles. The Balaban J connectivity index is 1.79. The van der Waals surface area contributed by atoms with Crippen LogP contribution in [0.3, 0.4) is 0 Å². The molecular formula is C24H25N5O. The monoisotopic (exact) mass is 399 g/mol. The normalized spacial score (nSPS) is 14.2. The van der Waals surface area contributed by atoms with Gasteiger partial charge in [-0.2, -0.15) is 0 Å². The number of aromatic nitrogens is 5. The van der Waals surface area contributed by atoms with Crippen molar-refractivity contribution in [2.24, 2.45) is 0 Å². The number of nitrogens with zero attached hydrogens (tertiary/aromatic N) is 4. The van der Waals surface area contributed by atoms with E-state index < -0.39 is 0 Å². The van der Waals surface area contributed by atoms with Crippen LogP contribution in [0.15, 0.2) is 35.5 Å². The first-order valence-corrected chi connectivity index (χ1v) is 10.4. The van der Waals surface area contributed by atoms with Crippen LogP contribution in [0.1, 0.15) is 55.2 Å². The number of rotatable bonds is 6. The molecular weight excluding hydrogens is 374 g/mol. The summed E-state index contributed by atoms with van der Waals surface area (Å²) in [6.07, 6.45) is 11.2. The smallest absolute Gasteiger partial charge is 0.141 e. The van der Waals surface area contributed by atoms with Gasteiger partial charge in [-0.05, 0) is 56.9 Å². The fraction of sp³-hybridized carbons (Fsp3) is 0.292. The second-order valence-corrected chi connectivity index (χ2v) is 7.88. The number of nitrogens with one attached hydrogen (secondary N) is 1.